The van der Waals surface area contributed by atoms with E-state index in [1.807, 2.05) is 6.92 Å². The molecule has 0 saturated carbocycles. The van der Waals surface area contributed by atoms with Crippen LogP contribution in [-0.2, 0) is 0 Å². The molecule has 0 spiro atoms. The molecular formula is C12H19NO3. The van der Waals surface area contributed by atoms with Gasteiger partial charge in [0.15, 0.2) is 11.5 Å². The van der Waals surface area contributed by atoms with Gasteiger partial charge in [-0.25, -0.2) is 0 Å². The number of methoxy groups -OCH3 is 1. The second-order valence-corrected chi connectivity index (χ2v) is 3.86. The van der Waals surface area contributed by atoms with Gasteiger partial charge in [-0.15, -0.1) is 0 Å². The Hall–Kier alpha value is -1.26. The van der Waals surface area contributed by atoms with Crippen LogP contribution in [0.1, 0.15) is 22.8 Å². The number of aliphatic hydroxyl groups excluding tert-OH is 1. The van der Waals surface area contributed by atoms with E-state index >= 15 is 0 Å². The number of nitrogens with one attached hydrogen (secondary N) is 1. The summed E-state index contributed by atoms with van der Waals surface area (Å²) < 4.78 is 5.14. The molecule has 0 amide bonds. The van der Waals surface area contributed by atoms with Crippen LogP contribution in [0.25, 0.3) is 0 Å². The lowest BCUT2D eigenvalue weighted by molar-refractivity contribution is 0.176. The first kappa shape index (κ1) is 12.8. The molecule has 0 aliphatic heterocycles. The number of benzene rings is 1. The van der Waals surface area contributed by atoms with E-state index in [4.69, 9.17) is 4.74 Å². The van der Waals surface area contributed by atoms with Gasteiger partial charge >= 0.3 is 0 Å². The minimum atomic E-state index is -0.599. The zero-order chi connectivity index (χ0) is 12.3. The van der Waals surface area contributed by atoms with Crippen molar-refractivity contribution in [3.63, 3.8) is 0 Å². The second kappa shape index (κ2) is 5.18. The maximum absolute atomic E-state index is 9.94. The van der Waals surface area contributed by atoms with Gasteiger partial charge in [-0.2, -0.15) is 0 Å². The maximum atomic E-state index is 9.94. The Kier molecular flexibility index (Phi) is 4.15. The average molecular weight is 225 g/mol. The molecule has 0 bridgehead atoms. The van der Waals surface area contributed by atoms with Crippen LogP contribution in [0, 0.1) is 13.8 Å². The van der Waals surface area contributed by atoms with Crippen LogP contribution in [0.5, 0.6) is 11.5 Å². The third kappa shape index (κ3) is 2.28. The molecule has 0 aliphatic rings. The van der Waals surface area contributed by atoms with Gasteiger partial charge in [0.1, 0.15) is 0 Å². The molecule has 1 rings (SSSR count). The number of aliphatic hydroxyl groups is 1. The minimum Gasteiger partial charge on any atom is -0.504 e. The molecule has 0 fully saturated rings. The molecule has 1 unspecified atom stereocenters. The fraction of sp³-hybridized carbons (Fsp3) is 0.500. The summed E-state index contributed by atoms with van der Waals surface area (Å²) in [6.07, 6.45) is -0.599. The van der Waals surface area contributed by atoms with E-state index in [9.17, 15) is 10.2 Å². The predicted molar refractivity (Wildman–Crippen MR) is 63.0 cm³/mol. The molecule has 0 saturated heterocycles. The summed E-state index contributed by atoms with van der Waals surface area (Å²) in [7, 11) is 3.29. The Morgan fingerprint density at radius 3 is 2.56 bits per heavy atom. The lowest BCUT2D eigenvalue weighted by Crippen LogP contribution is -2.17. The number of phenols is 1. The minimum absolute atomic E-state index is 0.139. The molecule has 1 aromatic carbocycles. The van der Waals surface area contributed by atoms with Crippen molar-refractivity contribution in [1.82, 2.24) is 5.32 Å². The van der Waals surface area contributed by atoms with Crippen LogP contribution < -0.4 is 10.1 Å². The summed E-state index contributed by atoms with van der Waals surface area (Å²) >= 11 is 0. The molecule has 0 radical (unpaired) electrons. The first-order valence-electron chi connectivity index (χ1n) is 5.22. The van der Waals surface area contributed by atoms with Gasteiger partial charge < -0.3 is 20.3 Å². The monoisotopic (exact) mass is 225 g/mol. The molecule has 1 atom stereocenters. The normalized spacial score (nSPS) is 12.6. The number of hydrogen-bond donors (Lipinski definition) is 3. The third-order valence-electron chi connectivity index (χ3n) is 2.69. The van der Waals surface area contributed by atoms with E-state index < -0.39 is 6.10 Å². The highest BCUT2D eigenvalue weighted by atomic mass is 16.5. The largest absolute Gasteiger partial charge is 0.504 e. The fourth-order valence-electron chi connectivity index (χ4n) is 1.80. The van der Waals surface area contributed by atoms with Crippen molar-refractivity contribution in [3.8, 4) is 11.5 Å². The van der Waals surface area contributed by atoms with E-state index in [1.54, 1.807) is 20.0 Å². The number of likely N-dealkylation sites (N-methyl/N-ethyl adjacent to an activating group) is 1. The number of aryl methyl sites for hydroxylation is 1. The van der Waals surface area contributed by atoms with Gasteiger partial charge in [-0.3, -0.25) is 0 Å². The highest BCUT2D eigenvalue weighted by molar-refractivity contribution is 5.54. The maximum Gasteiger partial charge on any atom is 0.164 e. The molecule has 4 nitrogen and oxygen atoms in total. The highest BCUT2D eigenvalue weighted by Gasteiger charge is 2.17. The summed E-state index contributed by atoms with van der Waals surface area (Å²) in [5.74, 6) is 0.575. The van der Waals surface area contributed by atoms with Crippen LogP contribution >= 0.6 is 0 Å². The lowest BCUT2D eigenvalue weighted by atomic mass is 9.98. The van der Waals surface area contributed by atoms with E-state index in [0.29, 0.717) is 17.9 Å². The van der Waals surface area contributed by atoms with Crippen molar-refractivity contribution in [2.24, 2.45) is 0 Å². The van der Waals surface area contributed by atoms with Gasteiger partial charge in [0.05, 0.1) is 13.2 Å². The molecule has 0 heterocycles. The van der Waals surface area contributed by atoms with E-state index in [-0.39, 0.29) is 5.75 Å². The van der Waals surface area contributed by atoms with Crippen molar-refractivity contribution in [3.05, 3.63) is 22.8 Å². The predicted octanol–water partition coefficient (Wildman–Crippen LogP) is 1.27. The first-order valence-corrected chi connectivity index (χ1v) is 5.22. The summed E-state index contributed by atoms with van der Waals surface area (Å²) in [4.78, 5) is 0. The Labute approximate surface area is 95.9 Å². The summed E-state index contributed by atoms with van der Waals surface area (Å²) in [6.45, 7) is 4.08. The van der Waals surface area contributed by atoms with Crippen LogP contribution in [0.15, 0.2) is 6.07 Å². The second-order valence-electron chi connectivity index (χ2n) is 3.86. The highest BCUT2D eigenvalue weighted by Crippen LogP contribution is 2.37. The molecule has 0 aromatic heterocycles. The molecule has 16 heavy (non-hydrogen) atoms. The van der Waals surface area contributed by atoms with Crippen molar-refractivity contribution < 1.29 is 14.9 Å². The Morgan fingerprint density at radius 1 is 1.44 bits per heavy atom. The molecule has 4 heteroatoms. The number of hydrogen-bond acceptors (Lipinski definition) is 4. The van der Waals surface area contributed by atoms with Gasteiger partial charge in [0, 0.05) is 12.1 Å². The van der Waals surface area contributed by atoms with Crippen molar-refractivity contribution in [1.29, 1.82) is 0 Å². The average Bonchev–Trinajstić information content (AvgIpc) is 2.24. The number of ether oxygens (including phenoxy) is 1. The van der Waals surface area contributed by atoms with Gasteiger partial charge in [-0.05, 0) is 38.1 Å². The zero-order valence-electron chi connectivity index (χ0n) is 10.2. The molecule has 0 aliphatic carbocycles. The summed E-state index contributed by atoms with van der Waals surface area (Å²) in [5.41, 5.74) is 2.25. The fourth-order valence-corrected chi connectivity index (χ4v) is 1.80. The summed E-state index contributed by atoms with van der Waals surface area (Å²) in [6, 6.07) is 1.79. The Bertz CT molecular complexity index is 377. The van der Waals surface area contributed by atoms with Gasteiger partial charge in [0.2, 0.25) is 0 Å². The van der Waals surface area contributed by atoms with E-state index in [0.717, 1.165) is 11.1 Å². The Balaban J connectivity index is 3.25. The molecular weight excluding hydrogens is 206 g/mol. The van der Waals surface area contributed by atoms with Crippen LogP contribution in [0.4, 0.5) is 0 Å². The van der Waals surface area contributed by atoms with Crippen LogP contribution in [0.2, 0.25) is 0 Å². The Morgan fingerprint density at radius 2 is 2.06 bits per heavy atom. The van der Waals surface area contributed by atoms with Crippen LogP contribution in [0.3, 0.4) is 0 Å². The quantitative estimate of drug-likeness (QED) is 0.722. The SMILES string of the molecule is CNCC(O)c1cc(C)c(O)c(OC)c1C. The number of phenolic OH excluding ortho intramolecular Hbond substituents is 1. The van der Waals surface area contributed by atoms with Gasteiger partial charge in [0.25, 0.3) is 0 Å². The third-order valence-corrected chi connectivity index (χ3v) is 2.69. The topological polar surface area (TPSA) is 61.7 Å². The smallest absolute Gasteiger partial charge is 0.164 e. The van der Waals surface area contributed by atoms with Crippen molar-refractivity contribution in [2.45, 2.75) is 20.0 Å². The molecule has 1 aromatic rings. The van der Waals surface area contributed by atoms with Crippen molar-refractivity contribution >= 4 is 0 Å². The van der Waals surface area contributed by atoms with Gasteiger partial charge in [-0.1, -0.05) is 0 Å². The lowest BCUT2D eigenvalue weighted by Gasteiger charge is -2.18. The van der Waals surface area contributed by atoms with Crippen molar-refractivity contribution in [2.75, 3.05) is 20.7 Å². The molecule has 90 valence electrons. The van der Waals surface area contributed by atoms with Crippen LogP contribution in [-0.4, -0.2) is 30.9 Å². The summed E-state index contributed by atoms with van der Waals surface area (Å²) in [5, 5.41) is 22.6. The molecule has 3 N–H and O–H groups in total. The number of rotatable bonds is 4. The standard InChI is InChI=1S/C12H19NO3/c1-7-5-9(10(14)6-13-3)8(2)12(16-4)11(7)15/h5,10,13-15H,6H2,1-4H3. The first-order chi connectivity index (χ1) is 7.52. The zero-order valence-corrected chi connectivity index (χ0v) is 10.2. The van der Waals surface area contributed by atoms with E-state index in [1.165, 1.54) is 7.11 Å². The number of aromatic hydroxyl groups is 1. The van der Waals surface area contributed by atoms with E-state index in [2.05, 4.69) is 5.32 Å².